The van der Waals surface area contributed by atoms with E-state index in [-0.39, 0.29) is 28.2 Å². The molecule has 7 nitrogen and oxygen atoms in total. The van der Waals surface area contributed by atoms with Crippen molar-refractivity contribution in [2.45, 2.75) is 51.6 Å². The standard InChI is InChI=1S/C21H23ClFNO2.C15H14O4/c22-18-7-5-17(6-8-18)21(26)11-14-24(15-12-21)13-1-2-20(25)16-3-9-19(23)10-4-16;1-8-3-4-10-12(18-7-8)6-13-14(15(10)17)11(16)5-9(2)19-13/h3-10,26H,1-2,11-15H2;3,5-6,17H,4,7H2,1-2H3. The predicted octanol–water partition coefficient (Wildman–Crippen LogP) is 7.11. The monoisotopic (exact) mass is 633 g/mol. The van der Waals surface area contributed by atoms with Crippen LogP contribution >= 0.6 is 11.6 Å². The van der Waals surface area contributed by atoms with E-state index in [9.17, 15) is 24.2 Å². The zero-order valence-corrected chi connectivity index (χ0v) is 26.2. The van der Waals surface area contributed by atoms with Gasteiger partial charge in [-0.25, -0.2) is 4.39 Å². The lowest BCUT2D eigenvalue weighted by atomic mass is 9.84. The second-order valence-electron chi connectivity index (χ2n) is 11.8. The van der Waals surface area contributed by atoms with Gasteiger partial charge in [0.15, 0.2) is 11.2 Å². The Hall–Kier alpha value is -3.98. The van der Waals surface area contributed by atoms with Crippen LogP contribution in [0.4, 0.5) is 4.39 Å². The van der Waals surface area contributed by atoms with Crippen molar-refractivity contribution in [2.24, 2.45) is 0 Å². The average Bonchev–Trinajstić information content (AvgIpc) is 3.20. The molecule has 3 aromatic carbocycles. The van der Waals surface area contributed by atoms with Gasteiger partial charge in [-0.2, -0.15) is 0 Å². The summed E-state index contributed by atoms with van der Waals surface area (Å²) in [6.07, 6.45) is 5.09. The third kappa shape index (κ3) is 7.82. The van der Waals surface area contributed by atoms with E-state index in [0.29, 0.717) is 65.5 Å². The molecule has 1 aromatic heterocycles. The highest BCUT2D eigenvalue weighted by Crippen LogP contribution is 2.37. The van der Waals surface area contributed by atoms with Gasteiger partial charge in [0.25, 0.3) is 0 Å². The number of aliphatic hydroxyl groups is 1. The summed E-state index contributed by atoms with van der Waals surface area (Å²) >= 11 is 5.92. The molecule has 0 amide bonds. The van der Waals surface area contributed by atoms with Gasteiger partial charge in [0.1, 0.15) is 40.7 Å². The van der Waals surface area contributed by atoms with Crippen molar-refractivity contribution in [2.75, 3.05) is 26.2 Å². The zero-order valence-electron chi connectivity index (χ0n) is 25.4. The number of nitrogens with zero attached hydrogens (tertiary/aromatic N) is 1. The van der Waals surface area contributed by atoms with Crippen LogP contribution in [0.2, 0.25) is 5.02 Å². The topological polar surface area (TPSA) is 100 Å². The van der Waals surface area contributed by atoms with E-state index in [1.54, 1.807) is 13.0 Å². The van der Waals surface area contributed by atoms with Crippen molar-refractivity contribution in [1.29, 1.82) is 0 Å². The molecule has 2 aliphatic rings. The van der Waals surface area contributed by atoms with Gasteiger partial charge in [-0.05, 0) is 93.6 Å². The fraction of sp³-hybridized carbons (Fsp3) is 0.333. The van der Waals surface area contributed by atoms with Crippen molar-refractivity contribution in [3.05, 3.63) is 116 Å². The summed E-state index contributed by atoms with van der Waals surface area (Å²) in [4.78, 5) is 26.4. The van der Waals surface area contributed by atoms with Crippen LogP contribution in [-0.4, -0.2) is 47.1 Å². The van der Waals surface area contributed by atoms with E-state index in [0.717, 1.165) is 37.2 Å². The summed E-state index contributed by atoms with van der Waals surface area (Å²) < 4.78 is 24.0. The molecule has 3 heterocycles. The summed E-state index contributed by atoms with van der Waals surface area (Å²) in [6, 6.07) is 16.2. The van der Waals surface area contributed by atoms with Gasteiger partial charge in [-0.3, -0.25) is 9.59 Å². The van der Waals surface area contributed by atoms with Gasteiger partial charge in [0.05, 0.1) is 5.60 Å². The molecule has 0 saturated carbocycles. The predicted molar refractivity (Wildman–Crippen MR) is 173 cm³/mol. The summed E-state index contributed by atoms with van der Waals surface area (Å²) in [6.45, 7) is 6.57. The van der Waals surface area contributed by atoms with E-state index in [2.05, 4.69) is 4.90 Å². The number of benzene rings is 3. The molecular weight excluding hydrogens is 597 g/mol. The quantitative estimate of drug-likeness (QED) is 0.172. The van der Waals surface area contributed by atoms with Crippen molar-refractivity contribution in [3.8, 4) is 11.5 Å². The Bertz CT molecular complexity index is 1760. The second-order valence-corrected chi connectivity index (χ2v) is 12.2. The molecule has 1 saturated heterocycles. The average molecular weight is 634 g/mol. The summed E-state index contributed by atoms with van der Waals surface area (Å²) in [7, 11) is 0. The summed E-state index contributed by atoms with van der Waals surface area (Å²) in [5.74, 6) is 0.765. The third-order valence-corrected chi connectivity index (χ3v) is 8.65. The van der Waals surface area contributed by atoms with Gasteiger partial charge in [-0.15, -0.1) is 0 Å². The van der Waals surface area contributed by atoms with Gasteiger partial charge in [-0.1, -0.05) is 29.8 Å². The number of fused-ring (bicyclic) bond motifs is 2. The number of piperidine rings is 1. The number of ether oxygens (including phenoxy) is 1. The highest BCUT2D eigenvalue weighted by atomic mass is 35.5. The largest absolute Gasteiger partial charge is 0.507 e. The second kappa shape index (κ2) is 14.0. The number of hydrogen-bond acceptors (Lipinski definition) is 7. The van der Waals surface area contributed by atoms with Gasteiger partial charge in [0.2, 0.25) is 0 Å². The van der Waals surface area contributed by atoms with Gasteiger partial charge in [0, 0.05) is 47.8 Å². The van der Waals surface area contributed by atoms with Crippen LogP contribution in [-0.2, 0) is 12.0 Å². The van der Waals surface area contributed by atoms with Crippen LogP contribution in [0.3, 0.4) is 0 Å². The third-order valence-electron chi connectivity index (χ3n) is 8.40. The number of phenols is 1. The molecule has 0 bridgehead atoms. The number of aryl methyl sites for hydroxylation is 1. The number of aromatic hydroxyl groups is 1. The Morgan fingerprint density at radius 2 is 1.73 bits per heavy atom. The number of rotatable bonds is 6. The lowest BCUT2D eigenvalue weighted by Crippen LogP contribution is -2.42. The van der Waals surface area contributed by atoms with E-state index in [4.69, 9.17) is 20.8 Å². The number of halogens is 2. The molecular formula is C36H37ClFNO6. The molecule has 2 N–H and O–H groups in total. The SMILES string of the molecule is CC1=CCc2c(cc3oc(C)cc(=O)c3c2O)OC1.O=C(CCCN1CCC(O)(c2ccc(Cl)cc2)CC1)c1ccc(F)cc1. The first kappa shape index (κ1) is 32.4. The molecule has 1 fully saturated rings. The molecule has 45 heavy (non-hydrogen) atoms. The number of Topliss-reactive ketones (excluding diaryl/α,β-unsaturated/α-hetero) is 1. The van der Waals surface area contributed by atoms with Crippen molar-refractivity contribution >= 4 is 28.4 Å². The highest BCUT2D eigenvalue weighted by molar-refractivity contribution is 6.30. The summed E-state index contributed by atoms with van der Waals surface area (Å²) in [5.41, 5.74) is 2.53. The maximum atomic E-state index is 12.9. The van der Waals surface area contributed by atoms with Gasteiger partial charge < -0.3 is 24.3 Å². The number of likely N-dealkylation sites (tertiary alicyclic amines) is 1. The Balaban J connectivity index is 0.000000186. The molecule has 9 heteroatoms. The fourth-order valence-corrected chi connectivity index (χ4v) is 5.86. The minimum atomic E-state index is -0.801. The Kier molecular flexibility index (Phi) is 10.1. The maximum Gasteiger partial charge on any atom is 0.196 e. The van der Waals surface area contributed by atoms with Gasteiger partial charge >= 0.3 is 0 Å². The first-order valence-electron chi connectivity index (χ1n) is 15.1. The number of hydrogen-bond donors (Lipinski definition) is 2. The molecule has 2 aliphatic heterocycles. The molecule has 4 aromatic rings. The zero-order chi connectivity index (χ0) is 32.1. The first-order chi connectivity index (χ1) is 21.5. The molecule has 236 valence electrons. The lowest BCUT2D eigenvalue weighted by Gasteiger charge is -2.38. The smallest absolute Gasteiger partial charge is 0.196 e. The van der Waals surface area contributed by atoms with E-state index < -0.39 is 5.60 Å². The van der Waals surface area contributed by atoms with E-state index in [1.807, 2.05) is 37.3 Å². The lowest BCUT2D eigenvalue weighted by molar-refractivity contribution is -0.0260. The molecule has 0 spiro atoms. The first-order valence-corrected chi connectivity index (χ1v) is 15.5. The van der Waals surface area contributed by atoms with Crippen LogP contribution in [0, 0.1) is 12.7 Å². The van der Waals surface area contributed by atoms with Crippen LogP contribution in [0.1, 0.15) is 59.9 Å². The summed E-state index contributed by atoms with van der Waals surface area (Å²) in [5, 5.41) is 22.1. The van der Waals surface area contributed by atoms with E-state index >= 15 is 0 Å². The minimum absolute atomic E-state index is 0.0350. The molecule has 0 unspecified atom stereocenters. The molecule has 0 aliphatic carbocycles. The molecule has 0 radical (unpaired) electrons. The van der Waals surface area contributed by atoms with Crippen LogP contribution in [0.25, 0.3) is 11.0 Å². The highest BCUT2D eigenvalue weighted by Gasteiger charge is 2.33. The van der Waals surface area contributed by atoms with Crippen molar-refractivity contribution in [1.82, 2.24) is 4.90 Å². The van der Waals surface area contributed by atoms with Crippen molar-refractivity contribution < 1.29 is 28.6 Å². The number of phenolic OH excluding ortho intramolecular Hbond substituents is 1. The minimum Gasteiger partial charge on any atom is -0.507 e. The fourth-order valence-electron chi connectivity index (χ4n) is 5.73. The Morgan fingerprint density at radius 3 is 2.42 bits per heavy atom. The van der Waals surface area contributed by atoms with E-state index in [1.165, 1.54) is 30.3 Å². The normalized spacial score (nSPS) is 16.1. The number of carbonyl (C=O) groups excluding carboxylic acids is 1. The van der Waals surface area contributed by atoms with Crippen LogP contribution in [0.5, 0.6) is 11.5 Å². The molecule has 6 rings (SSSR count). The molecule has 0 atom stereocenters. The maximum absolute atomic E-state index is 12.9. The Labute approximate surface area is 266 Å². The number of allylic oxidation sites excluding steroid dienone is 1. The van der Waals surface area contributed by atoms with Crippen molar-refractivity contribution in [3.63, 3.8) is 0 Å². The number of ketones is 1. The van der Waals surface area contributed by atoms with Crippen LogP contribution in [0.15, 0.2) is 81.5 Å². The Morgan fingerprint density at radius 1 is 1.04 bits per heavy atom. The van der Waals surface area contributed by atoms with Crippen LogP contribution < -0.4 is 10.2 Å². The number of carbonyl (C=O) groups is 1.